The molecule has 0 amide bonds. The Labute approximate surface area is 114 Å². The molecule has 0 saturated carbocycles. The number of rotatable bonds is 4. The maximum absolute atomic E-state index is 12.4. The first-order chi connectivity index (χ1) is 9.42. The molecule has 6 heteroatoms. The van der Waals surface area contributed by atoms with Crippen molar-refractivity contribution in [2.45, 2.75) is 25.7 Å². The molecule has 20 heavy (non-hydrogen) atoms. The maximum Gasteiger partial charge on any atom is 0.573 e. The van der Waals surface area contributed by atoms with Crippen molar-refractivity contribution in [2.75, 3.05) is 0 Å². The summed E-state index contributed by atoms with van der Waals surface area (Å²) in [6.45, 7) is 1.88. The van der Waals surface area contributed by atoms with Gasteiger partial charge in [-0.3, -0.25) is 0 Å². The van der Waals surface area contributed by atoms with Gasteiger partial charge in [0.05, 0.1) is 12.3 Å². The van der Waals surface area contributed by atoms with Crippen molar-refractivity contribution in [3.8, 4) is 5.75 Å². The third-order valence-corrected chi connectivity index (χ3v) is 2.92. The zero-order valence-corrected chi connectivity index (χ0v) is 10.8. The zero-order valence-electron chi connectivity index (χ0n) is 10.8. The summed E-state index contributed by atoms with van der Waals surface area (Å²) in [6, 6.07) is 6.76. The molecule has 2 aromatic rings. The molecule has 1 aromatic carbocycles. The van der Waals surface area contributed by atoms with E-state index in [9.17, 15) is 13.2 Å². The van der Waals surface area contributed by atoms with Crippen LogP contribution in [0.15, 0.2) is 41.0 Å². The molecule has 0 aliphatic heterocycles. The van der Waals surface area contributed by atoms with Crippen molar-refractivity contribution in [2.24, 2.45) is 5.73 Å². The molecule has 1 atom stereocenters. The van der Waals surface area contributed by atoms with E-state index in [0.717, 1.165) is 0 Å². The third kappa shape index (κ3) is 3.14. The Bertz CT molecular complexity index is 578. The van der Waals surface area contributed by atoms with E-state index in [1.807, 2.05) is 6.92 Å². The van der Waals surface area contributed by atoms with Crippen LogP contribution < -0.4 is 10.5 Å². The lowest BCUT2D eigenvalue weighted by Crippen LogP contribution is -2.20. The number of hydrogen-bond donors (Lipinski definition) is 1. The standard InChI is InChI=1S/C14H14F3NO2/c1-2-11-10(7-8-19-11)13(18)9-5-3-4-6-12(9)20-14(15,16)17/h3-8,13H,2,18H2,1H3. The van der Waals surface area contributed by atoms with Crippen molar-refractivity contribution < 1.29 is 22.3 Å². The van der Waals surface area contributed by atoms with E-state index >= 15 is 0 Å². The van der Waals surface area contributed by atoms with Crippen molar-refractivity contribution in [1.29, 1.82) is 0 Å². The Morgan fingerprint density at radius 1 is 1.20 bits per heavy atom. The number of alkyl halides is 3. The van der Waals surface area contributed by atoms with E-state index in [0.29, 0.717) is 17.7 Å². The Morgan fingerprint density at radius 3 is 2.55 bits per heavy atom. The van der Waals surface area contributed by atoms with Crippen LogP contribution in [0, 0.1) is 0 Å². The summed E-state index contributed by atoms with van der Waals surface area (Å²) < 4.78 is 46.4. The van der Waals surface area contributed by atoms with Gasteiger partial charge in [-0.1, -0.05) is 25.1 Å². The van der Waals surface area contributed by atoms with Gasteiger partial charge in [-0.2, -0.15) is 0 Å². The summed E-state index contributed by atoms with van der Waals surface area (Å²) >= 11 is 0. The van der Waals surface area contributed by atoms with Crippen LogP contribution in [0.1, 0.15) is 29.9 Å². The van der Waals surface area contributed by atoms with Crippen LogP contribution >= 0.6 is 0 Å². The highest BCUT2D eigenvalue weighted by atomic mass is 19.4. The zero-order chi connectivity index (χ0) is 14.8. The summed E-state index contributed by atoms with van der Waals surface area (Å²) in [5.74, 6) is 0.357. The smallest absolute Gasteiger partial charge is 0.469 e. The minimum absolute atomic E-state index is 0.265. The molecule has 0 bridgehead atoms. The van der Waals surface area contributed by atoms with Crippen LogP contribution in [0.25, 0.3) is 0 Å². The first-order valence-electron chi connectivity index (χ1n) is 6.09. The molecule has 1 heterocycles. The summed E-state index contributed by atoms with van der Waals surface area (Å²) in [4.78, 5) is 0. The highest BCUT2D eigenvalue weighted by molar-refractivity contribution is 5.42. The molecule has 3 nitrogen and oxygen atoms in total. The van der Waals surface area contributed by atoms with E-state index < -0.39 is 12.4 Å². The average Bonchev–Trinajstić information content (AvgIpc) is 2.85. The highest BCUT2D eigenvalue weighted by Crippen LogP contribution is 2.33. The SMILES string of the molecule is CCc1occc1C(N)c1ccccc1OC(F)(F)F. The van der Waals surface area contributed by atoms with Crippen LogP contribution in [-0.2, 0) is 6.42 Å². The lowest BCUT2D eigenvalue weighted by molar-refractivity contribution is -0.274. The topological polar surface area (TPSA) is 48.4 Å². The van der Waals surface area contributed by atoms with E-state index in [1.165, 1.54) is 24.5 Å². The Morgan fingerprint density at radius 2 is 1.90 bits per heavy atom. The molecule has 0 aliphatic carbocycles. The lowest BCUT2D eigenvalue weighted by atomic mass is 9.98. The Kier molecular flexibility index (Phi) is 4.04. The fourth-order valence-corrected chi connectivity index (χ4v) is 2.04. The van der Waals surface area contributed by atoms with Crippen LogP contribution in [0.5, 0.6) is 5.75 Å². The van der Waals surface area contributed by atoms with Gasteiger partial charge in [0.25, 0.3) is 0 Å². The number of para-hydroxylation sites is 1. The maximum atomic E-state index is 12.4. The molecule has 2 rings (SSSR count). The molecule has 108 valence electrons. The molecule has 0 fully saturated rings. The minimum atomic E-state index is -4.75. The van der Waals surface area contributed by atoms with Crippen molar-refractivity contribution >= 4 is 0 Å². The molecule has 0 aliphatic rings. The van der Waals surface area contributed by atoms with Gasteiger partial charge in [-0.25, -0.2) is 0 Å². The van der Waals surface area contributed by atoms with Crippen LogP contribution in [-0.4, -0.2) is 6.36 Å². The first kappa shape index (κ1) is 14.5. The lowest BCUT2D eigenvalue weighted by Gasteiger charge is -2.17. The second kappa shape index (κ2) is 5.58. The monoisotopic (exact) mass is 285 g/mol. The molecule has 1 aromatic heterocycles. The summed E-state index contributed by atoms with van der Waals surface area (Å²) in [6.07, 6.45) is -2.67. The van der Waals surface area contributed by atoms with Gasteiger partial charge in [0.15, 0.2) is 0 Å². The highest BCUT2D eigenvalue weighted by Gasteiger charge is 2.33. The fraction of sp³-hybridized carbons (Fsp3) is 0.286. The average molecular weight is 285 g/mol. The molecule has 0 spiro atoms. The van der Waals surface area contributed by atoms with E-state index in [1.54, 1.807) is 12.1 Å². The number of nitrogens with two attached hydrogens (primary N) is 1. The predicted octanol–water partition coefficient (Wildman–Crippen LogP) is 3.79. The second-order valence-corrected chi connectivity index (χ2v) is 4.22. The van der Waals surface area contributed by atoms with E-state index in [2.05, 4.69) is 4.74 Å². The predicted molar refractivity (Wildman–Crippen MR) is 67.2 cm³/mol. The number of furan rings is 1. The summed E-state index contributed by atoms with van der Waals surface area (Å²) in [5, 5.41) is 0. The van der Waals surface area contributed by atoms with Gasteiger partial charge >= 0.3 is 6.36 Å². The molecule has 2 N–H and O–H groups in total. The van der Waals surface area contributed by atoms with Crippen LogP contribution in [0.2, 0.25) is 0 Å². The number of ether oxygens (including phenoxy) is 1. The van der Waals surface area contributed by atoms with Gasteiger partial charge < -0.3 is 14.9 Å². The minimum Gasteiger partial charge on any atom is -0.469 e. The van der Waals surface area contributed by atoms with Crippen LogP contribution in [0.4, 0.5) is 13.2 Å². The van der Waals surface area contributed by atoms with Gasteiger partial charge in [0, 0.05) is 17.5 Å². The number of halogens is 3. The van der Waals surface area contributed by atoms with Gasteiger partial charge in [-0.15, -0.1) is 13.2 Å². The van der Waals surface area contributed by atoms with Crippen LogP contribution in [0.3, 0.4) is 0 Å². The second-order valence-electron chi connectivity index (χ2n) is 4.22. The molecule has 0 saturated heterocycles. The quantitative estimate of drug-likeness (QED) is 0.929. The Balaban J connectivity index is 2.37. The fourth-order valence-electron chi connectivity index (χ4n) is 2.04. The molecular formula is C14H14F3NO2. The summed E-state index contributed by atoms with van der Waals surface area (Å²) in [5.41, 5.74) is 6.97. The number of benzene rings is 1. The largest absolute Gasteiger partial charge is 0.573 e. The molecular weight excluding hydrogens is 271 g/mol. The first-order valence-corrected chi connectivity index (χ1v) is 6.09. The van der Waals surface area contributed by atoms with Crippen molar-refractivity contribution in [1.82, 2.24) is 0 Å². The normalized spacial score (nSPS) is 13.2. The number of aryl methyl sites for hydroxylation is 1. The van der Waals surface area contributed by atoms with Gasteiger partial charge in [-0.05, 0) is 12.1 Å². The van der Waals surface area contributed by atoms with E-state index in [-0.39, 0.29) is 11.3 Å². The molecule has 0 radical (unpaired) electrons. The molecule has 1 unspecified atom stereocenters. The van der Waals surface area contributed by atoms with Gasteiger partial charge in [0.2, 0.25) is 0 Å². The van der Waals surface area contributed by atoms with E-state index in [4.69, 9.17) is 10.2 Å². The third-order valence-electron chi connectivity index (χ3n) is 2.92. The van der Waals surface area contributed by atoms with Crippen molar-refractivity contribution in [3.63, 3.8) is 0 Å². The Hall–Kier alpha value is -1.95. The van der Waals surface area contributed by atoms with Gasteiger partial charge in [0.1, 0.15) is 11.5 Å². The number of hydrogen-bond acceptors (Lipinski definition) is 3. The van der Waals surface area contributed by atoms with Crippen molar-refractivity contribution in [3.05, 3.63) is 53.5 Å². The summed E-state index contributed by atoms with van der Waals surface area (Å²) in [7, 11) is 0.